The van der Waals surface area contributed by atoms with Crippen LogP contribution in [0.2, 0.25) is 0 Å². The van der Waals surface area contributed by atoms with Crippen LogP contribution in [0.3, 0.4) is 0 Å². The highest BCUT2D eigenvalue weighted by atomic mass is 19.1. The van der Waals surface area contributed by atoms with E-state index in [9.17, 15) is 18.4 Å². The number of aliphatic carboxylic acids is 2. The molecule has 1 fully saturated rings. The van der Waals surface area contributed by atoms with Gasteiger partial charge in [0.05, 0.1) is 0 Å². The van der Waals surface area contributed by atoms with E-state index in [0.717, 1.165) is 29.7 Å². The van der Waals surface area contributed by atoms with Crippen LogP contribution in [-0.4, -0.2) is 46.7 Å². The van der Waals surface area contributed by atoms with Gasteiger partial charge in [-0.3, -0.25) is 0 Å². The fourth-order valence-corrected chi connectivity index (χ4v) is 3.38. The summed E-state index contributed by atoms with van der Waals surface area (Å²) in [6.45, 7) is 3.39. The maximum absolute atomic E-state index is 13.2. The molecule has 1 heterocycles. The predicted molar refractivity (Wildman–Crippen MR) is 119 cm³/mol. The van der Waals surface area contributed by atoms with E-state index in [-0.39, 0.29) is 11.6 Å². The normalized spacial score (nSPS) is 13.8. The molecule has 7 heteroatoms. The minimum absolute atomic E-state index is 0.245. The Bertz CT molecular complexity index is 868. The highest BCUT2D eigenvalue weighted by molar-refractivity contribution is 5.89. The minimum Gasteiger partial charge on any atom is -0.478 e. The summed E-state index contributed by atoms with van der Waals surface area (Å²) >= 11 is 0. The zero-order valence-corrected chi connectivity index (χ0v) is 17.7. The van der Waals surface area contributed by atoms with Gasteiger partial charge in [-0.25, -0.2) is 18.4 Å². The highest BCUT2D eigenvalue weighted by Gasteiger charge is 2.10. The summed E-state index contributed by atoms with van der Waals surface area (Å²) in [6, 6.07) is 13.0. The fraction of sp³-hybridized carbons (Fsp3) is 0.280. The van der Waals surface area contributed by atoms with E-state index in [0.29, 0.717) is 12.2 Å². The lowest BCUT2D eigenvalue weighted by Gasteiger charge is -2.25. The number of carboxylic acid groups (broad SMARTS) is 2. The molecule has 0 saturated carbocycles. The third-order valence-electron chi connectivity index (χ3n) is 4.92. The van der Waals surface area contributed by atoms with Gasteiger partial charge in [-0.2, -0.15) is 0 Å². The Hall–Kier alpha value is -3.32. The maximum Gasteiger partial charge on any atom is 0.328 e. The lowest BCUT2D eigenvalue weighted by atomic mass is 9.96. The van der Waals surface area contributed by atoms with Gasteiger partial charge in [0, 0.05) is 18.7 Å². The number of piperidine rings is 1. The smallest absolute Gasteiger partial charge is 0.328 e. The number of nitrogens with zero attached hydrogens (tertiary/aromatic N) is 1. The van der Waals surface area contributed by atoms with Crippen molar-refractivity contribution in [2.45, 2.75) is 25.7 Å². The average molecular weight is 443 g/mol. The number of hydrogen-bond acceptors (Lipinski definition) is 3. The SMILES string of the molecule is Fc1ccc(C(=CCCN2CCCCC2)c2ccc(F)cc2)cc1.O=C(O)/C=C/C(=O)O. The van der Waals surface area contributed by atoms with Crippen molar-refractivity contribution in [1.82, 2.24) is 4.90 Å². The molecular formula is C25H27F2NO4. The van der Waals surface area contributed by atoms with Crippen LogP contribution < -0.4 is 0 Å². The standard InChI is InChI=1S/C21H23F2N.C4H4O4/c22-19-10-6-17(7-11-19)21(18-8-12-20(23)13-9-18)5-4-16-24-14-2-1-3-15-24;5-3(6)1-2-4(7)8/h5-13H,1-4,14-16H2;1-2H,(H,5,6)(H,7,8)/b;2-1+. The average Bonchev–Trinajstić information content (AvgIpc) is 2.78. The summed E-state index contributed by atoms with van der Waals surface area (Å²) in [6.07, 6.45) is 8.14. The summed E-state index contributed by atoms with van der Waals surface area (Å²) in [7, 11) is 0. The summed E-state index contributed by atoms with van der Waals surface area (Å²) < 4.78 is 26.4. The van der Waals surface area contributed by atoms with Gasteiger partial charge in [-0.05, 0) is 73.3 Å². The molecule has 2 N–H and O–H groups in total. The van der Waals surface area contributed by atoms with Crippen molar-refractivity contribution in [2.24, 2.45) is 0 Å². The van der Waals surface area contributed by atoms with Crippen molar-refractivity contribution < 1.29 is 28.6 Å². The molecule has 2 aromatic carbocycles. The van der Waals surface area contributed by atoms with Gasteiger partial charge in [0.25, 0.3) is 0 Å². The Labute approximate surface area is 186 Å². The third-order valence-corrected chi connectivity index (χ3v) is 4.92. The quantitative estimate of drug-likeness (QED) is 0.590. The van der Waals surface area contributed by atoms with E-state index in [2.05, 4.69) is 11.0 Å². The molecule has 170 valence electrons. The van der Waals surface area contributed by atoms with Crippen molar-refractivity contribution in [3.63, 3.8) is 0 Å². The Morgan fingerprint density at radius 2 is 1.22 bits per heavy atom. The largest absolute Gasteiger partial charge is 0.478 e. The number of hydrogen-bond donors (Lipinski definition) is 2. The van der Waals surface area contributed by atoms with Crippen molar-refractivity contribution in [2.75, 3.05) is 19.6 Å². The van der Waals surface area contributed by atoms with Crippen LogP contribution in [0, 0.1) is 11.6 Å². The molecule has 0 aliphatic carbocycles. The van der Waals surface area contributed by atoms with Crippen LogP contribution in [-0.2, 0) is 9.59 Å². The zero-order chi connectivity index (χ0) is 23.3. The highest BCUT2D eigenvalue weighted by Crippen LogP contribution is 2.25. The van der Waals surface area contributed by atoms with Crippen LogP contribution in [0.4, 0.5) is 8.78 Å². The molecule has 0 aromatic heterocycles. The van der Waals surface area contributed by atoms with Gasteiger partial charge in [0.15, 0.2) is 0 Å². The van der Waals surface area contributed by atoms with Crippen LogP contribution in [0.25, 0.3) is 5.57 Å². The molecule has 0 radical (unpaired) electrons. The second-order valence-corrected chi connectivity index (χ2v) is 7.33. The van der Waals surface area contributed by atoms with Crippen molar-refractivity contribution in [3.05, 3.63) is 89.5 Å². The van der Waals surface area contributed by atoms with Crippen LogP contribution in [0.15, 0.2) is 66.8 Å². The van der Waals surface area contributed by atoms with E-state index < -0.39 is 11.9 Å². The number of benzene rings is 2. The van der Waals surface area contributed by atoms with Crippen molar-refractivity contribution in [3.8, 4) is 0 Å². The van der Waals surface area contributed by atoms with Gasteiger partial charge < -0.3 is 15.1 Å². The second kappa shape index (κ2) is 13.2. The van der Waals surface area contributed by atoms with E-state index in [1.165, 1.54) is 56.6 Å². The molecule has 3 rings (SSSR count). The first-order valence-electron chi connectivity index (χ1n) is 10.4. The summed E-state index contributed by atoms with van der Waals surface area (Å²) in [5.41, 5.74) is 2.95. The lowest BCUT2D eigenvalue weighted by molar-refractivity contribution is -0.134. The molecular weight excluding hydrogens is 416 g/mol. The Morgan fingerprint density at radius 3 is 1.62 bits per heavy atom. The van der Waals surface area contributed by atoms with Crippen LogP contribution in [0.1, 0.15) is 36.8 Å². The predicted octanol–water partition coefficient (Wildman–Crippen LogP) is 4.98. The number of carbonyl (C=O) groups is 2. The minimum atomic E-state index is -1.26. The van der Waals surface area contributed by atoms with Gasteiger partial charge in [-0.1, -0.05) is 36.8 Å². The number of rotatable bonds is 7. The van der Waals surface area contributed by atoms with E-state index in [1.807, 2.05) is 0 Å². The van der Waals surface area contributed by atoms with E-state index in [1.54, 1.807) is 24.3 Å². The fourth-order valence-electron chi connectivity index (χ4n) is 3.38. The number of likely N-dealkylation sites (tertiary alicyclic amines) is 1. The molecule has 1 aliphatic rings. The Morgan fingerprint density at radius 1 is 0.781 bits per heavy atom. The first-order valence-corrected chi connectivity index (χ1v) is 10.4. The molecule has 1 saturated heterocycles. The topological polar surface area (TPSA) is 77.8 Å². The van der Waals surface area contributed by atoms with Gasteiger partial charge in [0.1, 0.15) is 11.6 Å². The molecule has 32 heavy (non-hydrogen) atoms. The number of carboxylic acids is 2. The molecule has 5 nitrogen and oxygen atoms in total. The molecule has 0 unspecified atom stereocenters. The van der Waals surface area contributed by atoms with Crippen molar-refractivity contribution in [1.29, 1.82) is 0 Å². The van der Waals surface area contributed by atoms with Gasteiger partial charge >= 0.3 is 11.9 Å². The van der Waals surface area contributed by atoms with Gasteiger partial charge in [0.2, 0.25) is 0 Å². The monoisotopic (exact) mass is 443 g/mol. The Balaban J connectivity index is 0.000000390. The van der Waals surface area contributed by atoms with Crippen molar-refractivity contribution >= 4 is 17.5 Å². The third kappa shape index (κ3) is 9.22. The molecule has 0 atom stereocenters. The Kier molecular flexibility index (Phi) is 10.3. The summed E-state index contributed by atoms with van der Waals surface area (Å²) in [5.74, 6) is -3.00. The van der Waals surface area contributed by atoms with Crippen LogP contribution in [0.5, 0.6) is 0 Å². The summed E-state index contributed by atoms with van der Waals surface area (Å²) in [5, 5.41) is 15.6. The first kappa shape index (κ1) is 24.9. The summed E-state index contributed by atoms with van der Waals surface area (Å²) in [4.78, 5) is 21.6. The van der Waals surface area contributed by atoms with Crippen LogP contribution >= 0.6 is 0 Å². The van der Waals surface area contributed by atoms with E-state index >= 15 is 0 Å². The van der Waals surface area contributed by atoms with Gasteiger partial charge in [-0.15, -0.1) is 0 Å². The molecule has 0 amide bonds. The zero-order valence-electron chi connectivity index (χ0n) is 17.7. The maximum atomic E-state index is 13.2. The van der Waals surface area contributed by atoms with E-state index in [4.69, 9.17) is 10.2 Å². The first-order chi connectivity index (χ1) is 15.3. The second-order valence-electron chi connectivity index (χ2n) is 7.33. The molecule has 2 aromatic rings. The lowest BCUT2D eigenvalue weighted by Crippen LogP contribution is -2.30. The number of halogens is 2. The molecule has 0 spiro atoms. The molecule has 0 bridgehead atoms. The molecule has 1 aliphatic heterocycles.